The summed E-state index contributed by atoms with van der Waals surface area (Å²) in [6.07, 6.45) is 4.17. The van der Waals surface area contributed by atoms with Crippen molar-refractivity contribution in [1.82, 2.24) is 25.0 Å². The Morgan fingerprint density at radius 1 is 1.19 bits per heavy atom. The molecule has 1 aromatic carbocycles. The van der Waals surface area contributed by atoms with Crippen LogP contribution in [0.25, 0.3) is 11.4 Å². The molecule has 1 saturated carbocycles. The first kappa shape index (κ1) is 16.9. The van der Waals surface area contributed by atoms with Gasteiger partial charge in [0, 0.05) is 37.7 Å². The summed E-state index contributed by atoms with van der Waals surface area (Å²) in [6.45, 7) is 5.13. The van der Waals surface area contributed by atoms with Crippen molar-refractivity contribution < 1.29 is 9.53 Å². The number of aromatic nitrogens is 3. The largest absolute Gasteiger partial charge is 0.379 e. The number of nitrogens with one attached hydrogen (secondary N) is 1. The third-order valence-electron chi connectivity index (χ3n) is 5.89. The predicted molar refractivity (Wildman–Crippen MR) is 100 cm³/mol. The molecule has 1 N–H and O–H groups in total. The van der Waals surface area contributed by atoms with Crippen molar-refractivity contribution in [2.75, 3.05) is 39.4 Å². The molecular weight excluding hydrogens is 342 g/mol. The molecule has 7 heteroatoms. The highest BCUT2D eigenvalue weighted by atomic mass is 16.5. The molecule has 7 nitrogen and oxygen atoms in total. The zero-order valence-corrected chi connectivity index (χ0v) is 15.4. The second kappa shape index (κ2) is 7.05. The van der Waals surface area contributed by atoms with E-state index in [2.05, 4.69) is 20.1 Å². The lowest BCUT2D eigenvalue weighted by molar-refractivity contribution is 0.0409. The normalized spacial score (nSPS) is 26.0. The summed E-state index contributed by atoms with van der Waals surface area (Å²) >= 11 is 0. The second-order valence-electron chi connectivity index (χ2n) is 8.04. The highest BCUT2D eigenvalue weighted by Crippen LogP contribution is 2.32. The molecular formula is C20H25N5O2. The minimum atomic E-state index is 0.0761. The molecule has 1 aromatic heterocycles. The molecule has 0 unspecified atom stereocenters. The van der Waals surface area contributed by atoms with Crippen LogP contribution in [0.1, 0.15) is 23.2 Å². The van der Waals surface area contributed by atoms with Crippen molar-refractivity contribution in [2.24, 2.45) is 11.8 Å². The van der Waals surface area contributed by atoms with Crippen LogP contribution in [0.2, 0.25) is 0 Å². The van der Waals surface area contributed by atoms with E-state index in [9.17, 15) is 4.79 Å². The highest BCUT2D eigenvalue weighted by Gasteiger charge is 2.38. The standard InChI is InChI=1S/C20H25N5O2/c26-20(18-4-2-1-3-17(18)19-21-13-22-23-19)25-9-15-8-24(7-14-5-6-14)16(10-25)12-27-11-15/h1-4,13-16H,5-12H2,(H,21,22,23)/t15-,16+/m1/s1. The fourth-order valence-electron chi connectivity index (χ4n) is 4.33. The SMILES string of the molecule is O=C(c1ccccc1-c1ncn[nH]1)N1C[C@@H]2COC[C@H](C1)N(CC1CC1)C2. The van der Waals surface area contributed by atoms with Crippen LogP contribution in [-0.4, -0.2) is 76.3 Å². The van der Waals surface area contributed by atoms with E-state index in [4.69, 9.17) is 4.74 Å². The van der Waals surface area contributed by atoms with Gasteiger partial charge in [-0.05, 0) is 24.8 Å². The van der Waals surface area contributed by atoms with Crippen LogP contribution < -0.4 is 0 Å². The van der Waals surface area contributed by atoms with Gasteiger partial charge in [-0.15, -0.1) is 0 Å². The van der Waals surface area contributed by atoms with Gasteiger partial charge in [0.25, 0.3) is 5.91 Å². The summed E-state index contributed by atoms with van der Waals surface area (Å²) in [5.74, 6) is 1.93. The van der Waals surface area contributed by atoms with Gasteiger partial charge in [-0.25, -0.2) is 4.98 Å². The molecule has 5 rings (SSSR count). The van der Waals surface area contributed by atoms with E-state index in [-0.39, 0.29) is 5.91 Å². The summed E-state index contributed by atoms with van der Waals surface area (Å²) < 4.78 is 5.91. The molecule has 2 aromatic rings. The van der Waals surface area contributed by atoms with Crippen LogP contribution in [0, 0.1) is 11.8 Å². The summed E-state index contributed by atoms with van der Waals surface area (Å²) in [7, 11) is 0. The Bertz CT molecular complexity index is 804. The number of hydrogen-bond donors (Lipinski definition) is 1. The average molecular weight is 367 g/mol. The van der Waals surface area contributed by atoms with Gasteiger partial charge in [0.2, 0.25) is 0 Å². The number of ether oxygens (including phenoxy) is 1. The number of aromatic amines is 1. The van der Waals surface area contributed by atoms with Crippen molar-refractivity contribution >= 4 is 5.91 Å². The first-order valence-corrected chi connectivity index (χ1v) is 9.84. The predicted octanol–water partition coefficient (Wildman–Crippen LogP) is 1.65. The maximum Gasteiger partial charge on any atom is 0.254 e. The molecule has 142 valence electrons. The van der Waals surface area contributed by atoms with Gasteiger partial charge >= 0.3 is 0 Å². The molecule has 3 aliphatic rings. The number of nitrogens with zero attached hydrogens (tertiary/aromatic N) is 4. The average Bonchev–Trinajstić information content (AvgIpc) is 3.40. The zero-order chi connectivity index (χ0) is 18.2. The van der Waals surface area contributed by atoms with Crippen LogP contribution in [0.15, 0.2) is 30.6 Å². The molecule has 3 fully saturated rings. The van der Waals surface area contributed by atoms with E-state index in [1.165, 1.54) is 19.2 Å². The Morgan fingerprint density at radius 2 is 2.07 bits per heavy atom. The molecule has 2 bridgehead atoms. The Hall–Kier alpha value is -2.25. The fourth-order valence-corrected chi connectivity index (χ4v) is 4.33. The number of rotatable bonds is 4. The first-order chi connectivity index (χ1) is 13.3. The molecule has 0 radical (unpaired) electrons. The summed E-state index contributed by atoms with van der Waals surface area (Å²) in [4.78, 5) is 22.3. The van der Waals surface area contributed by atoms with E-state index in [1.807, 2.05) is 29.2 Å². The molecule has 1 aliphatic carbocycles. The Morgan fingerprint density at radius 3 is 2.89 bits per heavy atom. The van der Waals surface area contributed by atoms with Gasteiger partial charge in [-0.1, -0.05) is 18.2 Å². The smallest absolute Gasteiger partial charge is 0.254 e. The third kappa shape index (κ3) is 3.49. The van der Waals surface area contributed by atoms with Crippen LogP contribution in [0.5, 0.6) is 0 Å². The lowest BCUT2D eigenvalue weighted by atomic mass is 10.0. The van der Waals surface area contributed by atoms with Gasteiger partial charge in [-0.3, -0.25) is 14.8 Å². The number of fused-ring (bicyclic) bond motifs is 3. The van der Waals surface area contributed by atoms with Crippen LogP contribution in [0.4, 0.5) is 0 Å². The molecule has 2 atom stereocenters. The van der Waals surface area contributed by atoms with Gasteiger partial charge in [-0.2, -0.15) is 5.10 Å². The Kier molecular flexibility index (Phi) is 4.41. The lowest BCUT2D eigenvalue weighted by Gasteiger charge is -2.31. The van der Waals surface area contributed by atoms with E-state index in [0.29, 0.717) is 23.3 Å². The number of benzene rings is 1. The maximum absolute atomic E-state index is 13.4. The fraction of sp³-hybridized carbons (Fsp3) is 0.550. The number of H-pyrrole nitrogens is 1. The van der Waals surface area contributed by atoms with E-state index in [0.717, 1.165) is 50.9 Å². The Balaban J connectivity index is 1.41. The summed E-state index contributed by atoms with van der Waals surface area (Å²) in [5, 5.41) is 6.81. The quantitative estimate of drug-likeness (QED) is 0.890. The van der Waals surface area contributed by atoms with Crippen molar-refractivity contribution in [2.45, 2.75) is 18.9 Å². The second-order valence-corrected chi connectivity index (χ2v) is 8.04. The van der Waals surface area contributed by atoms with Crippen molar-refractivity contribution in [3.05, 3.63) is 36.2 Å². The van der Waals surface area contributed by atoms with E-state index >= 15 is 0 Å². The third-order valence-corrected chi connectivity index (χ3v) is 5.89. The van der Waals surface area contributed by atoms with Gasteiger partial charge in [0.1, 0.15) is 6.33 Å². The van der Waals surface area contributed by atoms with E-state index < -0.39 is 0 Å². The topological polar surface area (TPSA) is 74.3 Å². The van der Waals surface area contributed by atoms with Crippen LogP contribution >= 0.6 is 0 Å². The molecule has 1 amide bonds. The van der Waals surface area contributed by atoms with Crippen molar-refractivity contribution in [3.8, 4) is 11.4 Å². The van der Waals surface area contributed by atoms with Gasteiger partial charge in [0.15, 0.2) is 5.82 Å². The number of hydrogen-bond acceptors (Lipinski definition) is 5. The molecule has 2 aliphatic heterocycles. The molecule has 0 spiro atoms. The minimum absolute atomic E-state index is 0.0761. The van der Waals surface area contributed by atoms with Crippen LogP contribution in [-0.2, 0) is 4.74 Å². The Labute approximate surface area is 158 Å². The molecule has 27 heavy (non-hydrogen) atoms. The number of carbonyl (C=O) groups is 1. The van der Waals surface area contributed by atoms with Crippen molar-refractivity contribution in [3.63, 3.8) is 0 Å². The molecule has 2 saturated heterocycles. The van der Waals surface area contributed by atoms with Crippen molar-refractivity contribution in [1.29, 1.82) is 0 Å². The highest BCUT2D eigenvalue weighted by molar-refractivity contribution is 6.00. The monoisotopic (exact) mass is 367 g/mol. The number of amides is 1. The minimum Gasteiger partial charge on any atom is -0.379 e. The number of carbonyl (C=O) groups excluding carboxylic acids is 1. The first-order valence-electron chi connectivity index (χ1n) is 9.84. The zero-order valence-electron chi connectivity index (χ0n) is 15.4. The summed E-state index contributed by atoms with van der Waals surface area (Å²) in [6, 6.07) is 7.94. The van der Waals surface area contributed by atoms with Crippen LogP contribution in [0.3, 0.4) is 0 Å². The maximum atomic E-state index is 13.4. The lowest BCUT2D eigenvalue weighted by Crippen LogP contribution is -2.46. The van der Waals surface area contributed by atoms with E-state index in [1.54, 1.807) is 0 Å². The molecule has 3 heterocycles. The summed E-state index contributed by atoms with van der Waals surface area (Å²) in [5.41, 5.74) is 1.49. The van der Waals surface area contributed by atoms with Gasteiger partial charge < -0.3 is 9.64 Å². The van der Waals surface area contributed by atoms with Gasteiger partial charge in [0.05, 0.1) is 24.8 Å².